The molecular formula is C40H70O5Si2. The van der Waals surface area contributed by atoms with Gasteiger partial charge in [-0.2, -0.15) is 0 Å². The zero-order valence-electron chi connectivity index (χ0n) is 33.0. The first-order chi connectivity index (χ1) is 21.4. The number of aliphatic hydroxyl groups excluding tert-OH is 1. The molecule has 1 fully saturated rings. The van der Waals surface area contributed by atoms with Gasteiger partial charge < -0.3 is 23.4 Å². The van der Waals surface area contributed by atoms with Gasteiger partial charge in [-0.25, -0.2) is 0 Å². The van der Waals surface area contributed by atoms with Crippen molar-refractivity contribution < 1.29 is 23.4 Å². The van der Waals surface area contributed by atoms with Gasteiger partial charge in [-0.3, -0.25) is 0 Å². The molecule has 1 saturated carbocycles. The maximum absolute atomic E-state index is 11.2. The lowest BCUT2D eigenvalue weighted by Gasteiger charge is -2.47. The Bertz CT molecular complexity index is 1230. The summed E-state index contributed by atoms with van der Waals surface area (Å²) in [5.74, 6) is 7.32. The normalized spacial score (nSPS) is 23.8. The average Bonchev–Trinajstić information content (AvgIpc) is 3.18. The van der Waals surface area contributed by atoms with Gasteiger partial charge in [0.2, 0.25) is 0 Å². The molecule has 1 N–H and O–H groups in total. The Morgan fingerprint density at radius 2 is 1.57 bits per heavy atom. The minimum atomic E-state index is -2.23. The van der Waals surface area contributed by atoms with Gasteiger partial charge in [0.05, 0.1) is 38.1 Å². The van der Waals surface area contributed by atoms with Crippen LogP contribution < -0.4 is 4.74 Å². The summed E-state index contributed by atoms with van der Waals surface area (Å²) in [4.78, 5) is 0. The van der Waals surface area contributed by atoms with Gasteiger partial charge in [-0.05, 0) is 93.0 Å². The Morgan fingerprint density at radius 3 is 2.09 bits per heavy atom. The highest BCUT2D eigenvalue weighted by Gasteiger charge is 2.58. The Hall–Kier alpha value is -1.41. The quantitative estimate of drug-likeness (QED) is 0.113. The van der Waals surface area contributed by atoms with Crippen LogP contribution in [-0.2, 0) is 20.2 Å². The van der Waals surface area contributed by atoms with Crippen LogP contribution in [0.2, 0.25) is 36.3 Å². The Balaban J connectivity index is 2.58. The molecule has 268 valence electrons. The van der Waals surface area contributed by atoms with E-state index in [0.717, 1.165) is 24.2 Å². The van der Waals surface area contributed by atoms with Gasteiger partial charge in [0.1, 0.15) is 5.75 Å². The van der Waals surface area contributed by atoms with E-state index in [-0.39, 0.29) is 27.5 Å². The van der Waals surface area contributed by atoms with Crippen LogP contribution >= 0.6 is 0 Å². The summed E-state index contributed by atoms with van der Waals surface area (Å²) in [5.41, 5.74) is 1.59. The summed E-state index contributed by atoms with van der Waals surface area (Å²) >= 11 is 0. The van der Waals surface area contributed by atoms with Crippen LogP contribution in [0.1, 0.15) is 107 Å². The van der Waals surface area contributed by atoms with Crippen molar-refractivity contribution in [3.63, 3.8) is 0 Å². The average molecular weight is 687 g/mol. The highest BCUT2D eigenvalue weighted by atomic mass is 28.4. The van der Waals surface area contributed by atoms with Crippen LogP contribution in [0.3, 0.4) is 0 Å². The van der Waals surface area contributed by atoms with E-state index in [0.29, 0.717) is 32.0 Å². The van der Waals surface area contributed by atoms with Gasteiger partial charge in [0.15, 0.2) is 16.6 Å². The van der Waals surface area contributed by atoms with Crippen LogP contribution in [0.4, 0.5) is 0 Å². The van der Waals surface area contributed by atoms with E-state index in [1.807, 2.05) is 19.1 Å². The van der Waals surface area contributed by atoms with E-state index in [4.69, 9.17) is 18.3 Å². The third-order valence-corrected chi connectivity index (χ3v) is 20.4. The van der Waals surface area contributed by atoms with Crippen molar-refractivity contribution in [2.75, 3.05) is 13.7 Å². The SMILES string of the molecule is CC#CCC(C)(C)C(O)CC/C(C)=C/[C@H]1[C@H](O[Si](C)(C)C(C)(C)C)[C@@H](C)C[C@@]1(COCc1ccc(OC)cc1)O[Si](C)(C)C(C)(C)C. The largest absolute Gasteiger partial charge is 0.497 e. The molecule has 5 atom stereocenters. The molecule has 5 nitrogen and oxygen atoms in total. The first-order valence-corrected chi connectivity index (χ1v) is 23.6. The molecule has 1 aromatic carbocycles. The van der Waals surface area contributed by atoms with Crippen molar-refractivity contribution in [3.8, 4) is 17.6 Å². The zero-order valence-corrected chi connectivity index (χ0v) is 35.0. The minimum absolute atomic E-state index is 0.0152. The molecule has 0 bridgehead atoms. The lowest BCUT2D eigenvalue weighted by molar-refractivity contribution is -0.0655. The molecule has 0 saturated heterocycles. The highest BCUT2D eigenvalue weighted by Crippen LogP contribution is 2.52. The monoisotopic (exact) mass is 686 g/mol. The van der Waals surface area contributed by atoms with Crippen LogP contribution in [0.5, 0.6) is 5.75 Å². The Labute approximate surface area is 291 Å². The van der Waals surface area contributed by atoms with Gasteiger partial charge in [0.25, 0.3) is 0 Å². The van der Waals surface area contributed by atoms with E-state index < -0.39 is 28.3 Å². The summed E-state index contributed by atoms with van der Waals surface area (Å²) < 4.78 is 27.0. The lowest BCUT2D eigenvalue weighted by atomic mass is 9.80. The Morgan fingerprint density at radius 1 is 1.00 bits per heavy atom. The topological polar surface area (TPSA) is 57.2 Å². The second kappa shape index (κ2) is 16.1. The lowest BCUT2D eigenvalue weighted by Crippen LogP contribution is -2.55. The van der Waals surface area contributed by atoms with Crippen LogP contribution in [0.15, 0.2) is 35.9 Å². The van der Waals surface area contributed by atoms with Crippen LogP contribution in [-0.4, -0.2) is 53.3 Å². The fraction of sp³-hybridized carbons (Fsp3) is 0.750. The smallest absolute Gasteiger partial charge is 0.192 e. The van der Waals surface area contributed by atoms with Crippen molar-refractivity contribution in [1.29, 1.82) is 0 Å². The molecule has 0 heterocycles. The van der Waals surface area contributed by atoms with Crippen molar-refractivity contribution in [2.24, 2.45) is 17.3 Å². The summed E-state index contributed by atoms with van der Waals surface area (Å²) in [7, 11) is -2.65. The number of hydrogen-bond acceptors (Lipinski definition) is 5. The predicted molar refractivity (Wildman–Crippen MR) is 204 cm³/mol. The van der Waals surface area contributed by atoms with Crippen LogP contribution in [0.25, 0.3) is 0 Å². The summed E-state index contributed by atoms with van der Waals surface area (Å²) in [6.07, 6.45) is 5.09. The first-order valence-electron chi connectivity index (χ1n) is 17.7. The second-order valence-electron chi connectivity index (χ2n) is 18.0. The molecule has 0 amide bonds. The summed E-state index contributed by atoms with van der Waals surface area (Å²) in [5, 5.41) is 11.3. The predicted octanol–water partition coefficient (Wildman–Crippen LogP) is 10.5. The van der Waals surface area contributed by atoms with Gasteiger partial charge in [-0.1, -0.05) is 86.1 Å². The molecule has 0 aromatic heterocycles. The summed E-state index contributed by atoms with van der Waals surface area (Å²) in [6.45, 7) is 35.0. The number of hydrogen-bond donors (Lipinski definition) is 1. The maximum atomic E-state index is 11.2. The van der Waals surface area contributed by atoms with Crippen LogP contribution in [0, 0.1) is 29.1 Å². The molecule has 1 aliphatic carbocycles. The molecule has 7 heteroatoms. The highest BCUT2D eigenvalue weighted by molar-refractivity contribution is 6.74. The molecule has 0 aliphatic heterocycles. The van der Waals surface area contributed by atoms with E-state index in [9.17, 15) is 5.11 Å². The molecule has 1 unspecified atom stereocenters. The molecule has 0 spiro atoms. The number of aliphatic hydroxyl groups is 1. The minimum Gasteiger partial charge on any atom is -0.497 e. The second-order valence-corrected chi connectivity index (χ2v) is 27.5. The molecule has 2 rings (SSSR count). The number of methoxy groups -OCH3 is 1. The number of ether oxygens (including phenoxy) is 2. The fourth-order valence-corrected chi connectivity index (χ4v) is 9.02. The Kier molecular flexibility index (Phi) is 14.3. The molecule has 0 radical (unpaired) electrons. The third kappa shape index (κ3) is 11.0. The first kappa shape index (κ1) is 41.8. The zero-order chi connectivity index (χ0) is 36.1. The summed E-state index contributed by atoms with van der Waals surface area (Å²) in [6, 6.07) is 8.12. The number of allylic oxidation sites excluding steroid dienone is 1. The van der Waals surface area contributed by atoms with Crippen molar-refractivity contribution in [1.82, 2.24) is 0 Å². The van der Waals surface area contributed by atoms with Gasteiger partial charge >= 0.3 is 0 Å². The molecular weight excluding hydrogens is 617 g/mol. The van der Waals surface area contributed by atoms with Crippen molar-refractivity contribution in [2.45, 2.75) is 163 Å². The molecule has 47 heavy (non-hydrogen) atoms. The van der Waals surface area contributed by atoms with Gasteiger partial charge in [0, 0.05) is 17.8 Å². The van der Waals surface area contributed by atoms with E-state index in [2.05, 4.69) is 125 Å². The van der Waals surface area contributed by atoms with Gasteiger partial charge in [-0.15, -0.1) is 11.8 Å². The third-order valence-electron chi connectivity index (χ3n) is 11.4. The standard InChI is InChI=1S/C40H70O5Si2/c1-17-18-25-39(10,11)35(41)24-19-30(2)26-34-36(44-46(13,14)37(4,5)6)31(3)27-40(34,45-47(15,16)38(7,8)9)29-43-28-32-20-22-33(42-12)23-21-32/h20-23,26,31,34-36,41H,19,24-25,27-29H2,1-16H3/b30-26+/t31-,34-,35?,36+,40-/m0/s1. The number of rotatable bonds is 15. The number of benzene rings is 1. The van der Waals surface area contributed by atoms with Crippen molar-refractivity contribution in [3.05, 3.63) is 41.5 Å². The fourth-order valence-electron chi connectivity index (χ4n) is 6.00. The maximum Gasteiger partial charge on any atom is 0.192 e. The van der Waals surface area contributed by atoms with E-state index >= 15 is 0 Å². The van der Waals surface area contributed by atoms with E-state index in [1.165, 1.54) is 5.57 Å². The molecule has 1 aliphatic rings. The van der Waals surface area contributed by atoms with E-state index in [1.54, 1.807) is 7.11 Å². The van der Waals surface area contributed by atoms with Crippen molar-refractivity contribution >= 4 is 16.6 Å². The molecule has 1 aromatic rings.